The van der Waals surface area contributed by atoms with Crippen LogP contribution in [0.5, 0.6) is 0 Å². The molecular formula is C19H18N6O2. The zero-order valence-electron chi connectivity index (χ0n) is 14.8. The van der Waals surface area contributed by atoms with Gasteiger partial charge in [0.15, 0.2) is 0 Å². The molecule has 1 fully saturated rings. The van der Waals surface area contributed by atoms with Crippen LogP contribution < -0.4 is 10.2 Å². The van der Waals surface area contributed by atoms with Crippen LogP contribution in [0, 0.1) is 6.92 Å². The molecule has 0 aliphatic carbocycles. The van der Waals surface area contributed by atoms with Crippen molar-refractivity contribution in [1.29, 1.82) is 0 Å². The third-order valence-corrected chi connectivity index (χ3v) is 4.64. The van der Waals surface area contributed by atoms with E-state index >= 15 is 0 Å². The van der Waals surface area contributed by atoms with E-state index in [2.05, 4.69) is 20.8 Å². The van der Waals surface area contributed by atoms with Crippen LogP contribution in [0.25, 0.3) is 5.69 Å². The smallest absolute Gasteiger partial charge is 0.255 e. The van der Waals surface area contributed by atoms with Crippen LogP contribution in [-0.4, -0.2) is 38.6 Å². The molecule has 0 atom stereocenters. The summed E-state index contributed by atoms with van der Waals surface area (Å²) in [6.07, 6.45) is 2.91. The first kappa shape index (κ1) is 16.9. The molecule has 1 aromatic heterocycles. The Hall–Kier alpha value is -3.55. The van der Waals surface area contributed by atoms with E-state index in [-0.39, 0.29) is 11.8 Å². The fraction of sp³-hybridized carbons (Fsp3) is 0.211. The average molecular weight is 362 g/mol. The van der Waals surface area contributed by atoms with E-state index in [0.29, 0.717) is 24.2 Å². The lowest BCUT2D eigenvalue weighted by Crippen LogP contribution is -2.24. The molecule has 0 radical (unpaired) electrons. The summed E-state index contributed by atoms with van der Waals surface area (Å²) in [5.41, 5.74) is 3.57. The molecule has 0 bridgehead atoms. The Balaban J connectivity index is 1.58. The third kappa shape index (κ3) is 3.29. The Kier molecular flexibility index (Phi) is 4.37. The predicted octanol–water partition coefficient (Wildman–Crippen LogP) is 2.35. The average Bonchev–Trinajstić information content (AvgIpc) is 3.35. The van der Waals surface area contributed by atoms with E-state index in [4.69, 9.17) is 0 Å². The summed E-state index contributed by atoms with van der Waals surface area (Å²) in [6.45, 7) is 2.59. The molecule has 1 N–H and O–H groups in total. The maximum Gasteiger partial charge on any atom is 0.255 e. The predicted molar refractivity (Wildman–Crippen MR) is 99.9 cm³/mol. The molecule has 27 heavy (non-hydrogen) atoms. The minimum Gasteiger partial charge on any atom is -0.322 e. The first-order valence-electron chi connectivity index (χ1n) is 8.68. The number of aromatic nitrogens is 4. The van der Waals surface area contributed by atoms with Crippen molar-refractivity contribution < 1.29 is 9.59 Å². The number of tetrazole rings is 1. The Labute approximate surface area is 155 Å². The van der Waals surface area contributed by atoms with Gasteiger partial charge in [0.2, 0.25) is 5.91 Å². The van der Waals surface area contributed by atoms with Gasteiger partial charge >= 0.3 is 0 Å². The monoisotopic (exact) mass is 362 g/mol. The zero-order valence-corrected chi connectivity index (χ0v) is 14.8. The van der Waals surface area contributed by atoms with Crippen molar-refractivity contribution in [3.05, 3.63) is 59.9 Å². The maximum absolute atomic E-state index is 12.8. The number of nitrogens with one attached hydrogen (secondary N) is 1. The molecule has 0 spiro atoms. The highest BCUT2D eigenvalue weighted by Gasteiger charge is 2.22. The van der Waals surface area contributed by atoms with Gasteiger partial charge in [-0.2, -0.15) is 0 Å². The molecule has 1 aliphatic rings. The number of rotatable bonds is 4. The number of carbonyl (C=O) groups is 2. The van der Waals surface area contributed by atoms with Crippen LogP contribution in [0.4, 0.5) is 11.4 Å². The van der Waals surface area contributed by atoms with E-state index in [0.717, 1.165) is 23.4 Å². The summed E-state index contributed by atoms with van der Waals surface area (Å²) in [5.74, 6) is -0.141. The number of benzene rings is 2. The van der Waals surface area contributed by atoms with Gasteiger partial charge in [0.25, 0.3) is 5.91 Å². The largest absolute Gasteiger partial charge is 0.322 e. The molecule has 1 saturated heterocycles. The Bertz CT molecular complexity index is 999. The second-order valence-corrected chi connectivity index (χ2v) is 6.36. The van der Waals surface area contributed by atoms with Crippen molar-refractivity contribution in [3.8, 4) is 5.69 Å². The summed E-state index contributed by atoms with van der Waals surface area (Å²) in [7, 11) is 0. The third-order valence-electron chi connectivity index (χ3n) is 4.64. The number of nitrogens with zero attached hydrogens (tertiary/aromatic N) is 5. The van der Waals surface area contributed by atoms with E-state index in [9.17, 15) is 9.59 Å². The summed E-state index contributed by atoms with van der Waals surface area (Å²) < 4.78 is 1.55. The minimum atomic E-state index is -0.236. The fourth-order valence-corrected chi connectivity index (χ4v) is 3.21. The molecule has 0 unspecified atom stereocenters. The summed E-state index contributed by atoms with van der Waals surface area (Å²) >= 11 is 0. The van der Waals surface area contributed by atoms with Crippen LogP contribution in [0.15, 0.2) is 48.8 Å². The van der Waals surface area contributed by atoms with Gasteiger partial charge in [0, 0.05) is 29.9 Å². The summed E-state index contributed by atoms with van der Waals surface area (Å²) in [4.78, 5) is 26.4. The summed E-state index contributed by atoms with van der Waals surface area (Å²) in [5, 5.41) is 14.1. The minimum absolute atomic E-state index is 0.0949. The first-order valence-corrected chi connectivity index (χ1v) is 8.68. The molecule has 2 aromatic carbocycles. The van der Waals surface area contributed by atoms with E-state index in [1.165, 1.54) is 6.33 Å². The second-order valence-electron chi connectivity index (χ2n) is 6.36. The van der Waals surface area contributed by atoms with E-state index in [1.54, 1.807) is 27.8 Å². The zero-order chi connectivity index (χ0) is 18.8. The molecule has 1 aliphatic heterocycles. The van der Waals surface area contributed by atoms with Crippen molar-refractivity contribution in [2.24, 2.45) is 0 Å². The molecule has 8 heteroatoms. The van der Waals surface area contributed by atoms with Gasteiger partial charge < -0.3 is 10.2 Å². The van der Waals surface area contributed by atoms with Gasteiger partial charge in [-0.1, -0.05) is 12.1 Å². The van der Waals surface area contributed by atoms with Crippen LogP contribution >= 0.6 is 0 Å². The lowest BCUT2D eigenvalue weighted by atomic mass is 10.1. The highest BCUT2D eigenvalue weighted by atomic mass is 16.2. The Morgan fingerprint density at radius 1 is 1.19 bits per heavy atom. The Morgan fingerprint density at radius 3 is 2.78 bits per heavy atom. The lowest BCUT2D eigenvalue weighted by molar-refractivity contribution is -0.117. The van der Waals surface area contributed by atoms with Gasteiger partial charge in [-0.15, -0.1) is 5.10 Å². The van der Waals surface area contributed by atoms with Crippen LogP contribution in [0.3, 0.4) is 0 Å². The molecule has 2 heterocycles. The molecule has 4 rings (SSSR count). The van der Waals surface area contributed by atoms with Gasteiger partial charge in [-0.25, -0.2) is 4.68 Å². The summed E-state index contributed by atoms with van der Waals surface area (Å²) in [6, 6.07) is 12.7. The van der Waals surface area contributed by atoms with Crippen LogP contribution in [0.2, 0.25) is 0 Å². The van der Waals surface area contributed by atoms with Crippen molar-refractivity contribution in [2.75, 3.05) is 16.8 Å². The second kappa shape index (κ2) is 6.99. The van der Waals surface area contributed by atoms with Crippen LogP contribution in [-0.2, 0) is 4.79 Å². The standard InChI is InChI=1S/C19H18N6O2/c1-13-16(7-3-8-17(13)25-12-20-22-23-25)21-19(27)14-5-2-6-15(11-14)24-10-4-9-18(24)26/h2-3,5-8,11-12H,4,9-10H2,1H3,(H,21,27). The molecule has 0 saturated carbocycles. The maximum atomic E-state index is 12.8. The van der Waals surface area contributed by atoms with Crippen molar-refractivity contribution >= 4 is 23.2 Å². The lowest BCUT2D eigenvalue weighted by Gasteiger charge is -2.17. The molecule has 3 aromatic rings. The number of carbonyl (C=O) groups excluding carboxylic acids is 2. The molecule has 2 amide bonds. The molecule has 136 valence electrons. The number of hydrogen-bond acceptors (Lipinski definition) is 5. The highest BCUT2D eigenvalue weighted by Crippen LogP contribution is 2.24. The first-order chi connectivity index (χ1) is 13.1. The number of hydrogen-bond donors (Lipinski definition) is 1. The fourth-order valence-electron chi connectivity index (χ4n) is 3.21. The quantitative estimate of drug-likeness (QED) is 0.769. The van der Waals surface area contributed by atoms with Crippen LogP contribution in [0.1, 0.15) is 28.8 Å². The van der Waals surface area contributed by atoms with E-state index in [1.807, 2.05) is 31.2 Å². The molecule has 8 nitrogen and oxygen atoms in total. The number of anilines is 2. The highest BCUT2D eigenvalue weighted by molar-refractivity contribution is 6.06. The van der Waals surface area contributed by atoms with Crippen molar-refractivity contribution in [1.82, 2.24) is 20.2 Å². The van der Waals surface area contributed by atoms with Crippen molar-refractivity contribution in [2.45, 2.75) is 19.8 Å². The van der Waals surface area contributed by atoms with Gasteiger partial charge in [0.1, 0.15) is 6.33 Å². The van der Waals surface area contributed by atoms with E-state index < -0.39 is 0 Å². The SMILES string of the molecule is Cc1c(NC(=O)c2cccc(N3CCCC3=O)c2)cccc1-n1cnnn1. The molecular weight excluding hydrogens is 344 g/mol. The topological polar surface area (TPSA) is 93.0 Å². The van der Waals surface area contributed by atoms with Crippen molar-refractivity contribution in [3.63, 3.8) is 0 Å². The Morgan fingerprint density at radius 2 is 2.04 bits per heavy atom. The van der Waals surface area contributed by atoms with Gasteiger partial charge in [0.05, 0.1) is 5.69 Å². The number of amides is 2. The van der Waals surface area contributed by atoms with Gasteiger partial charge in [-0.05, 0) is 59.7 Å². The normalized spacial score (nSPS) is 13.8. The van der Waals surface area contributed by atoms with Gasteiger partial charge in [-0.3, -0.25) is 9.59 Å².